The van der Waals surface area contributed by atoms with E-state index >= 15 is 0 Å². The standard InChI is InChI=1S/C13H15Cl2N3O/c1-3-16-8(2)13-17-12(18-19-13)7-9-10(14)5-4-6-11(9)15/h4-6,8,16H,3,7H2,1-2H3. The van der Waals surface area contributed by atoms with Gasteiger partial charge < -0.3 is 9.84 Å². The van der Waals surface area contributed by atoms with Crippen molar-refractivity contribution in [1.29, 1.82) is 0 Å². The first-order valence-corrected chi connectivity index (χ1v) is 6.86. The first-order valence-electron chi connectivity index (χ1n) is 6.10. The molecule has 0 aliphatic carbocycles. The van der Waals surface area contributed by atoms with E-state index in [4.69, 9.17) is 27.7 Å². The van der Waals surface area contributed by atoms with Crippen LogP contribution in [0.2, 0.25) is 10.0 Å². The summed E-state index contributed by atoms with van der Waals surface area (Å²) in [4.78, 5) is 4.35. The lowest BCUT2D eigenvalue weighted by Gasteiger charge is -2.05. The minimum atomic E-state index is 0.0352. The molecule has 0 bridgehead atoms. The number of nitrogens with one attached hydrogen (secondary N) is 1. The maximum atomic E-state index is 6.12. The van der Waals surface area contributed by atoms with Crippen molar-refractivity contribution in [2.24, 2.45) is 0 Å². The Balaban J connectivity index is 2.16. The van der Waals surface area contributed by atoms with Gasteiger partial charge in [-0.05, 0) is 31.2 Å². The topological polar surface area (TPSA) is 51.0 Å². The van der Waals surface area contributed by atoms with E-state index in [2.05, 4.69) is 15.5 Å². The molecule has 0 fully saturated rings. The second-order valence-corrected chi connectivity index (χ2v) is 5.02. The molecule has 0 amide bonds. The number of nitrogens with zero attached hydrogens (tertiary/aromatic N) is 2. The summed E-state index contributed by atoms with van der Waals surface area (Å²) in [6, 6.07) is 5.44. The lowest BCUT2D eigenvalue weighted by Crippen LogP contribution is -2.17. The fourth-order valence-corrected chi connectivity index (χ4v) is 2.30. The van der Waals surface area contributed by atoms with Crippen molar-refractivity contribution in [2.75, 3.05) is 6.54 Å². The van der Waals surface area contributed by atoms with Crippen LogP contribution in [0, 0.1) is 0 Å². The van der Waals surface area contributed by atoms with Gasteiger partial charge in [0, 0.05) is 16.5 Å². The molecule has 1 heterocycles. The quantitative estimate of drug-likeness (QED) is 0.916. The summed E-state index contributed by atoms with van der Waals surface area (Å²) in [6.07, 6.45) is 0.459. The molecule has 1 unspecified atom stereocenters. The van der Waals surface area contributed by atoms with Gasteiger partial charge in [-0.1, -0.05) is 41.3 Å². The molecular weight excluding hydrogens is 285 g/mol. The second kappa shape index (κ2) is 6.37. The Morgan fingerprint density at radius 1 is 1.32 bits per heavy atom. The molecule has 2 rings (SSSR count). The van der Waals surface area contributed by atoms with E-state index in [1.54, 1.807) is 12.1 Å². The third kappa shape index (κ3) is 3.47. The van der Waals surface area contributed by atoms with Crippen molar-refractivity contribution in [3.05, 3.63) is 45.5 Å². The van der Waals surface area contributed by atoms with E-state index in [0.717, 1.165) is 12.1 Å². The molecule has 19 heavy (non-hydrogen) atoms. The van der Waals surface area contributed by atoms with Crippen LogP contribution in [-0.2, 0) is 6.42 Å². The smallest absolute Gasteiger partial charge is 0.243 e. The van der Waals surface area contributed by atoms with Gasteiger partial charge in [0.15, 0.2) is 5.82 Å². The minimum absolute atomic E-state index is 0.0352. The minimum Gasteiger partial charge on any atom is -0.338 e. The van der Waals surface area contributed by atoms with E-state index in [1.807, 2.05) is 19.9 Å². The van der Waals surface area contributed by atoms with Gasteiger partial charge in [0.1, 0.15) is 0 Å². The highest BCUT2D eigenvalue weighted by molar-refractivity contribution is 6.36. The Morgan fingerprint density at radius 3 is 2.63 bits per heavy atom. The number of hydrogen-bond acceptors (Lipinski definition) is 4. The van der Waals surface area contributed by atoms with Crippen LogP contribution < -0.4 is 5.32 Å². The molecule has 0 aliphatic rings. The molecule has 6 heteroatoms. The van der Waals surface area contributed by atoms with Crippen LogP contribution in [0.4, 0.5) is 0 Å². The predicted octanol–water partition coefficient (Wildman–Crippen LogP) is 3.64. The summed E-state index contributed by atoms with van der Waals surface area (Å²) in [5.41, 5.74) is 0.814. The Hall–Kier alpha value is -1.10. The molecule has 102 valence electrons. The predicted molar refractivity (Wildman–Crippen MR) is 75.7 cm³/mol. The number of aromatic nitrogens is 2. The number of rotatable bonds is 5. The summed E-state index contributed by atoms with van der Waals surface area (Å²) in [5.74, 6) is 1.15. The van der Waals surface area contributed by atoms with Crippen molar-refractivity contribution < 1.29 is 4.52 Å². The highest BCUT2D eigenvalue weighted by Crippen LogP contribution is 2.26. The molecule has 0 saturated carbocycles. The normalized spacial score (nSPS) is 12.6. The maximum Gasteiger partial charge on any atom is 0.243 e. The molecule has 0 spiro atoms. The van der Waals surface area contributed by atoms with Crippen LogP contribution in [0.5, 0.6) is 0 Å². The molecule has 1 aromatic heterocycles. The van der Waals surface area contributed by atoms with Gasteiger partial charge in [0.05, 0.1) is 6.04 Å². The first-order chi connectivity index (χ1) is 9.11. The summed E-state index contributed by atoms with van der Waals surface area (Å²) in [7, 11) is 0. The molecule has 0 aliphatic heterocycles. The summed E-state index contributed by atoms with van der Waals surface area (Å²) < 4.78 is 5.22. The number of halogens is 2. The zero-order chi connectivity index (χ0) is 13.8. The summed E-state index contributed by atoms with van der Waals surface area (Å²) in [5, 5.41) is 8.39. The van der Waals surface area contributed by atoms with Crippen molar-refractivity contribution in [2.45, 2.75) is 26.3 Å². The van der Waals surface area contributed by atoms with Crippen LogP contribution in [-0.4, -0.2) is 16.7 Å². The third-order valence-electron chi connectivity index (χ3n) is 2.76. The fraction of sp³-hybridized carbons (Fsp3) is 0.385. The zero-order valence-electron chi connectivity index (χ0n) is 10.8. The van der Waals surface area contributed by atoms with Gasteiger partial charge >= 0.3 is 0 Å². The van der Waals surface area contributed by atoms with E-state index < -0.39 is 0 Å². The van der Waals surface area contributed by atoms with Crippen molar-refractivity contribution in [3.63, 3.8) is 0 Å². The molecule has 0 saturated heterocycles. The monoisotopic (exact) mass is 299 g/mol. The van der Waals surface area contributed by atoms with Crippen molar-refractivity contribution >= 4 is 23.2 Å². The zero-order valence-corrected chi connectivity index (χ0v) is 12.3. The highest BCUT2D eigenvalue weighted by Gasteiger charge is 2.15. The van der Waals surface area contributed by atoms with Gasteiger partial charge in [-0.25, -0.2) is 0 Å². The highest BCUT2D eigenvalue weighted by atomic mass is 35.5. The average Bonchev–Trinajstić information content (AvgIpc) is 2.83. The fourth-order valence-electron chi connectivity index (χ4n) is 1.77. The lowest BCUT2D eigenvalue weighted by molar-refractivity contribution is 0.339. The lowest BCUT2D eigenvalue weighted by atomic mass is 10.1. The van der Waals surface area contributed by atoms with E-state index in [0.29, 0.717) is 28.2 Å². The van der Waals surface area contributed by atoms with E-state index in [1.165, 1.54) is 0 Å². The molecular formula is C13H15Cl2N3O. The second-order valence-electron chi connectivity index (χ2n) is 4.21. The molecule has 1 aromatic carbocycles. The largest absolute Gasteiger partial charge is 0.338 e. The van der Waals surface area contributed by atoms with Crippen molar-refractivity contribution in [3.8, 4) is 0 Å². The maximum absolute atomic E-state index is 6.12. The molecule has 1 N–H and O–H groups in total. The van der Waals surface area contributed by atoms with E-state index in [9.17, 15) is 0 Å². The molecule has 2 aromatic rings. The van der Waals surface area contributed by atoms with Gasteiger partial charge in [0.2, 0.25) is 5.89 Å². The van der Waals surface area contributed by atoms with Gasteiger partial charge in [-0.2, -0.15) is 4.98 Å². The molecule has 1 atom stereocenters. The van der Waals surface area contributed by atoms with Gasteiger partial charge in [0.25, 0.3) is 0 Å². The Kier molecular flexibility index (Phi) is 4.80. The van der Waals surface area contributed by atoms with Crippen LogP contribution in [0.3, 0.4) is 0 Å². The Morgan fingerprint density at radius 2 is 2.00 bits per heavy atom. The van der Waals surface area contributed by atoms with Gasteiger partial charge in [-0.15, -0.1) is 0 Å². The van der Waals surface area contributed by atoms with Crippen LogP contribution in [0.25, 0.3) is 0 Å². The average molecular weight is 300 g/mol. The van der Waals surface area contributed by atoms with Crippen LogP contribution >= 0.6 is 23.2 Å². The van der Waals surface area contributed by atoms with Crippen LogP contribution in [0.1, 0.15) is 37.2 Å². The van der Waals surface area contributed by atoms with Crippen molar-refractivity contribution in [1.82, 2.24) is 15.5 Å². The SMILES string of the molecule is CCNC(C)c1nc(Cc2c(Cl)cccc2Cl)no1. The summed E-state index contributed by atoms with van der Waals surface area (Å²) >= 11 is 12.2. The van der Waals surface area contributed by atoms with Crippen LogP contribution in [0.15, 0.2) is 22.7 Å². The van der Waals surface area contributed by atoms with Gasteiger partial charge in [-0.3, -0.25) is 0 Å². The third-order valence-corrected chi connectivity index (χ3v) is 3.47. The Labute approximate surface area is 122 Å². The Bertz CT molecular complexity index is 536. The number of hydrogen-bond donors (Lipinski definition) is 1. The first kappa shape index (κ1) is 14.3. The molecule has 0 radical (unpaired) electrons. The summed E-state index contributed by atoms with van der Waals surface area (Å²) in [6.45, 7) is 4.84. The number of benzene rings is 1. The van der Waals surface area contributed by atoms with E-state index in [-0.39, 0.29) is 6.04 Å². The molecule has 4 nitrogen and oxygen atoms in total.